The summed E-state index contributed by atoms with van der Waals surface area (Å²) in [7, 11) is 0. The second kappa shape index (κ2) is 6.40. The maximum Gasteiger partial charge on any atom is 0.191 e. The van der Waals surface area contributed by atoms with Crippen LogP contribution in [-0.2, 0) is 11.3 Å². The number of thioether (sulfide) groups is 1. The maximum absolute atomic E-state index is 9.52. The van der Waals surface area contributed by atoms with E-state index in [2.05, 4.69) is 40.7 Å². The van der Waals surface area contributed by atoms with Crippen molar-refractivity contribution in [1.29, 1.82) is 0 Å². The highest BCUT2D eigenvalue weighted by Crippen LogP contribution is 2.34. The first-order chi connectivity index (χ1) is 10.7. The van der Waals surface area contributed by atoms with Gasteiger partial charge in [-0.3, -0.25) is 0 Å². The van der Waals surface area contributed by atoms with E-state index >= 15 is 0 Å². The molecule has 5 nitrogen and oxygen atoms in total. The Labute approximate surface area is 134 Å². The first-order valence-corrected chi connectivity index (χ1v) is 8.48. The third kappa shape index (κ3) is 2.78. The van der Waals surface area contributed by atoms with Crippen LogP contribution in [0.25, 0.3) is 11.4 Å². The molecular weight excluding hydrogens is 298 g/mol. The number of nitrogens with zero attached hydrogens (tertiary/aromatic N) is 3. The van der Waals surface area contributed by atoms with Gasteiger partial charge in [-0.25, -0.2) is 0 Å². The zero-order chi connectivity index (χ0) is 15.6. The molecule has 1 aromatic heterocycles. The predicted octanol–water partition coefficient (Wildman–Crippen LogP) is 2.37. The molecule has 1 saturated heterocycles. The van der Waals surface area contributed by atoms with Crippen molar-refractivity contribution < 1.29 is 9.84 Å². The number of hydrogen-bond donors (Lipinski definition) is 1. The lowest BCUT2D eigenvalue weighted by Gasteiger charge is -2.39. The molecule has 118 valence electrons. The van der Waals surface area contributed by atoms with Crippen molar-refractivity contribution in [2.24, 2.45) is 5.41 Å². The fraction of sp³-hybridized carbons (Fsp3) is 0.500. The number of rotatable bonds is 6. The van der Waals surface area contributed by atoms with Gasteiger partial charge in [-0.1, -0.05) is 36.0 Å². The minimum Gasteiger partial charge on any atom is -0.396 e. The molecule has 0 amide bonds. The molecule has 3 rings (SSSR count). The molecule has 0 saturated carbocycles. The van der Waals surface area contributed by atoms with Crippen LogP contribution in [0.15, 0.2) is 29.4 Å². The summed E-state index contributed by atoms with van der Waals surface area (Å²) in [6.07, 6.45) is 0. The largest absolute Gasteiger partial charge is 0.396 e. The van der Waals surface area contributed by atoms with Crippen LogP contribution < -0.4 is 0 Å². The lowest BCUT2D eigenvalue weighted by Crippen LogP contribution is -2.47. The molecule has 0 aliphatic carbocycles. The van der Waals surface area contributed by atoms with E-state index in [1.807, 2.05) is 12.1 Å². The number of hydrogen-bond acceptors (Lipinski definition) is 5. The molecule has 0 bridgehead atoms. The zero-order valence-electron chi connectivity index (χ0n) is 13.0. The van der Waals surface area contributed by atoms with Gasteiger partial charge in [0.1, 0.15) is 0 Å². The third-order valence-electron chi connectivity index (χ3n) is 4.08. The highest BCUT2D eigenvalue weighted by atomic mass is 32.2. The van der Waals surface area contributed by atoms with Gasteiger partial charge in [-0.15, -0.1) is 10.2 Å². The zero-order valence-corrected chi connectivity index (χ0v) is 13.8. The average molecular weight is 319 g/mol. The Morgan fingerprint density at radius 3 is 2.68 bits per heavy atom. The van der Waals surface area contributed by atoms with Gasteiger partial charge >= 0.3 is 0 Å². The van der Waals surface area contributed by atoms with Crippen molar-refractivity contribution in [1.82, 2.24) is 14.8 Å². The molecule has 1 fully saturated rings. The van der Waals surface area contributed by atoms with Gasteiger partial charge in [-0.2, -0.15) is 0 Å². The molecule has 22 heavy (non-hydrogen) atoms. The fourth-order valence-corrected chi connectivity index (χ4v) is 3.70. The molecular formula is C16H21N3O2S. The van der Waals surface area contributed by atoms with Crippen molar-refractivity contribution in [3.8, 4) is 11.4 Å². The van der Waals surface area contributed by atoms with E-state index in [1.54, 1.807) is 11.8 Å². The SMILES string of the molecule is CCn1c(SCC2(CO)COC2)nnc1-c1ccccc1C. The van der Waals surface area contributed by atoms with E-state index < -0.39 is 0 Å². The minimum absolute atomic E-state index is 0.113. The molecule has 6 heteroatoms. The van der Waals surface area contributed by atoms with E-state index in [0.29, 0.717) is 13.2 Å². The molecule has 2 heterocycles. The predicted molar refractivity (Wildman–Crippen MR) is 86.9 cm³/mol. The molecule has 0 atom stereocenters. The number of benzene rings is 1. The lowest BCUT2D eigenvalue weighted by atomic mass is 9.90. The second-order valence-corrected chi connectivity index (χ2v) is 6.75. The maximum atomic E-state index is 9.52. The standard InChI is InChI=1S/C16H21N3O2S/c1-3-19-14(13-7-5-4-6-12(13)2)17-18-15(19)22-11-16(8-20)9-21-10-16/h4-7,20H,3,8-11H2,1-2H3. The topological polar surface area (TPSA) is 60.2 Å². The third-order valence-corrected chi connectivity index (χ3v) is 5.40. The molecule has 1 aromatic carbocycles. The summed E-state index contributed by atoms with van der Waals surface area (Å²) in [5.74, 6) is 1.71. The first kappa shape index (κ1) is 15.5. The van der Waals surface area contributed by atoms with Crippen LogP contribution in [0.1, 0.15) is 12.5 Å². The van der Waals surface area contributed by atoms with Crippen LogP contribution in [0.2, 0.25) is 0 Å². The molecule has 1 aliphatic rings. The normalized spacial score (nSPS) is 16.5. The van der Waals surface area contributed by atoms with Gasteiger partial charge in [0.25, 0.3) is 0 Å². The van der Waals surface area contributed by atoms with Crippen molar-refractivity contribution in [3.63, 3.8) is 0 Å². The number of aryl methyl sites for hydroxylation is 1. The van der Waals surface area contributed by atoms with Crippen LogP contribution in [0.4, 0.5) is 0 Å². The van der Waals surface area contributed by atoms with Crippen LogP contribution in [-0.4, -0.2) is 45.4 Å². The monoisotopic (exact) mass is 319 g/mol. The van der Waals surface area contributed by atoms with Crippen molar-refractivity contribution >= 4 is 11.8 Å². The Balaban J connectivity index is 1.83. The second-order valence-electron chi connectivity index (χ2n) is 5.80. The number of aliphatic hydroxyl groups excluding tert-OH is 1. The van der Waals surface area contributed by atoms with Crippen molar-refractivity contribution in [2.45, 2.75) is 25.5 Å². The summed E-state index contributed by atoms with van der Waals surface area (Å²) >= 11 is 1.65. The molecule has 1 aliphatic heterocycles. The number of aliphatic hydroxyl groups is 1. The van der Waals surface area contributed by atoms with Gasteiger partial charge in [0.2, 0.25) is 0 Å². The van der Waals surface area contributed by atoms with E-state index in [0.717, 1.165) is 28.8 Å². The quantitative estimate of drug-likeness (QED) is 0.828. The van der Waals surface area contributed by atoms with Gasteiger partial charge in [-0.05, 0) is 19.4 Å². The molecule has 0 unspecified atom stereocenters. The summed E-state index contributed by atoms with van der Waals surface area (Å²) < 4.78 is 7.38. The van der Waals surface area contributed by atoms with Gasteiger partial charge < -0.3 is 14.4 Å². The van der Waals surface area contributed by atoms with Crippen LogP contribution in [0, 0.1) is 12.3 Å². The van der Waals surface area contributed by atoms with Crippen LogP contribution >= 0.6 is 11.8 Å². The average Bonchev–Trinajstić information content (AvgIpc) is 2.90. The van der Waals surface area contributed by atoms with Gasteiger partial charge in [0.15, 0.2) is 11.0 Å². The Hall–Kier alpha value is -1.37. The van der Waals surface area contributed by atoms with Gasteiger partial charge in [0.05, 0.1) is 19.8 Å². The lowest BCUT2D eigenvalue weighted by molar-refractivity contribution is -0.121. The van der Waals surface area contributed by atoms with Crippen molar-refractivity contribution in [2.75, 3.05) is 25.6 Å². The number of aromatic nitrogens is 3. The fourth-order valence-electron chi connectivity index (χ4n) is 2.53. The summed E-state index contributed by atoms with van der Waals surface area (Å²) in [4.78, 5) is 0. The van der Waals surface area contributed by atoms with Crippen LogP contribution in [0.5, 0.6) is 0 Å². The smallest absolute Gasteiger partial charge is 0.191 e. The molecule has 1 N–H and O–H groups in total. The Kier molecular flexibility index (Phi) is 4.52. The number of ether oxygens (including phenoxy) is 1. The Morgan fingerprint density at radius 1 is 1.32 bits per heavy atom. The van der Waals surface area contributed by atoms with Crippen molar-refractivity contribution in [3.05, 3.63) is 29.8 Å². The van der Waals surface area contributed by atoms with E-state index in [-0.39, 0.29) is 12.0 Å². The summed E-state index contributed by atoms with van der Waals surface area (Å²) in [6, 6.07) is 8.22. The summed E-state index contributed by atoms with van der Waals surface area (Å²) in [5.41, 5.74) is 2.20. The summed E-state index contributed by atoms with van der Waals surface area (Å²) in [5, 5.41) is 19.2. The molecule has 0 spiro atoms. The summed E-state index contributed by atoms with van der Waals surface area (Å²) in [6.45, 7) is 6.42. The minimum atomic E-state index is -0.113. The van der Waals surface area contributed by atoms with E-state index in [9.17, 15) is 5.11 Å². The Bertz CT molecular complexity index is 647. The van der Waals surface area contributed by atoms with E-state index in [1.165, 1.54) is 5.56 Å². The van der Waals surface area contributed by atoms with Gasteiger partial charge in [0, 0.05) is 23.3 Å². The first-order valence-electron chi connectivity index (χ1n) is 7.50. The highest BCUT2D eigenvalue weighted by Gasteiger charge is 2.38. The Morgan fingerprint density at radius 2 is 2.09 bits per heavy atom. The van der Waals surface area contributed by atoms with E-state index in [4.69, 9.17) is 4.74 Å². The van der Waals surface area contributed by atoms with Crippen LogP contribution in [0.3, 0.4) is 0 Å². The highest BCUT2D eigenvalue weighted by molar-refractivity contribution is 7.99. The molecule has 2 aromatic rings. The molecule has 0 radical (unpaired) electrons.